The molecule has 1 amide bonds. The van der Waals surface area contributed by atoms with Crippen molar-refractivity contribution in [2.45, 2.75) is 64.1 Å². The van der Waals surface area contributed by atoms with E-state index in [1.54, 1.807) is 6.92 Å². The zero-order chi connectivity index (χ0) is 13.1. The van der Waals surface area contributed by atoms with Gasteiger partial charge in [0.25, 0.3) is 0 Å². The maximum atomic E-state index is 11.7. The molecule has 1 aliphatic carbocycles. The lowest BCUT2D eigenvalue weighted by atomic mass is 10.2. The van der Waals surface area contributed by atoms with Gasteiger partial charge in [0.2, 0.25) is 5.91 Å². The molecule has 2 rings (SSSR count). The van der Waals surface area contributed by atoms with E-state index in [2.05, 4.69) is 4.90 Å². The monoisotopic (exact) mass is 254 g/mol. The van der Waals surface area contributed by atoms with Gasteiger partial charge in [0, 0.05) is 32.1 Å². The molecule has 1 unspecified atom stereocenters. The average molecular weight is 254 g/mol. The molecule has 4 heteroatoms. The number of nitrogens with zero attached hydrogens (tertiary/aromatic N) is 2. The molecule has 18 heavy (non-hydrogen) atoms. The number of rotatable bonds is 6. The lowest BCUT2D eigenvalue weighted by molar-refractivity contribution is -0.130. The molecule has 2 fully saturated rings. The summed E-state index contributed by atoms with van der Waals surface area (Å²) in [5.41, 5.74) is 0. The molecule has 1 saturated heterocycles. The number of carbonyl (C=O) groups excluding carboxylic acids is 1. The van der Waals surface area contributed by atoms with Crippen LogP contribution in [0.4, 0.5) is 0 Å². The first kappa shape index (κ1) is 13.8. The van der Waals surface area contributed by atoms with Crippen molar-refractivity contribution in [3.63, 3.8) is 0 Å². The second kappa shape index (κ2) is 6.02. The number of hydrogen-bond donors (Lipinski definition) is 1. The maximum Gasteiger partial charge on any atom is 0.219 e. The minimum absolute atomic E-state index is 0.209. The Morgan fingerprint density at radius 2 is 2.17 bits per heavy atom. The smallest absolute Gasteiger partial charge is 0.219 e. The van der Waals surface area contributed by atoms with Gasteiger partial charge in [-0.05, 0) is 38.6 Å². The van der Waals surface area contributed by atoms with Crippen molar-refractivity contribution in [3.05, 3.63) is 0 Å². The predicted octanol–water partition coefficient (Wildman–Crippen LogP) is 1.23. The molecule has 1 N–H and O–H groups in total. The van der Waals surface area contributed by atoms with Crippen LogP contribution in [0.5, 0.6) is 0 Å². The third-order valence-electron chi connectivity index (χ3n) is 4.22. The van der Waals surface area contributed by atoms with E-state index in [9.17, 15) is 9.90 Å². The first-order valence-corrected chi connectivity index (χ1v) is 7.31. The molecule has 0 aromatic rings. The van der Waals surface area contributed by atoms with Gasteiger partial charge in [-0.3, -0.25) is 9.69 Å². The zero-order valence-electron chi connectivity index (χ0n) is 11.6. The summed E-state index contributed by atoms with van der Waals surface area (Å²) in [7, 11) is 0. The molecule has 2 atom stereocenters. The van der Waals surface area contributed by atoms with Gasteiger partial charge in [-0.1, -0.05) is 6.92 Å². The van der Waals surface area contributed by atoms with E-state index in [1.807, 2.05) is 11.8 Å². The summed E-state index contributed by atoms with van der Waals surface area (Å²) >= 11 is 0. The molecule has 1 saturated carbocycles. The number of aliphatic hydroxyl groups excluding tert-OH is 1. The van der Waals surface area contributed by atoms with E-state index in [0.717, 1.165) is 32.5 Å². The topological polar surface area (TPSA) is 43.8 Å². The Labute approximate surface area is 110 Å². The van der Waals surface area contributed by atoms with Crippen LogP contribution in [0, 0.1) is 0 Å². The highest BCUT2D eigenvalue weighted by atomic mass is 16.3. The molecule has 0 aromatic heterocycles. The summed E-state index contributed by atoms with van der Waals surface area (Å²) in [6.07, 6.45) is 5.28. The Bertz CT molecular complexity index is 292. The van der Waals surface area contributed by atoms with E-state index in [0.29, 0.717) is 12.1 Å². The largest absolute Gasteiger partial charge is 0.392 e. The van der Waals surface area contributed by atoms with Crippen LogP contribution in [0.15, 0.2) is 0 Å². The molecule has 0 aromatic carbocycles. The summed E-state index contributed by atoms with van der Waals surface area (Å²) in [6, 6.07) is 0.955. The second-order valence-electron chi connectivity index (χ2n) is 5.76. The fourth-order valence-electron chi connectivity index (χ4n) is 2.89. The van der Waals surface area contributed by atoms with E-state index in [1.165, 1.54) is 19.3 Å². The third kappa shape index (κ3) is 3.45. The number of carbonyl (C=O) groups is 1. The minimum atomic E-state index is -0.225. The van der Waals surface area contributed by atoms with Crippen LogP contribution in [0.3, 0.4) is 0 Å². The fraction of sp³-hybridized carbons (Fsp3) is 0.929. The highest BCUT2D eigenvalue weighted by Crippen LogP contribution is 2.29. The standard InChI is InChI=1S/C14H26N2O2/c1-3-14(18)10-15-8-4-5-13(15)9-16(11(2)17)12-6-7-12/h12-14,18H,3-10H2,1-2H3/t13?,14-/m1/s1. The molecular formula is C14H26N2O2. The van der Waals surface area contributed by atoms with Crippen LogP contribution in [0.25, 0.3) is 0 Å². The first-order chi connectivity index (χ1) is 8.61. The molecule has 104 valence electrons. The summed E-state index contributed by atoms with van der Waals surface area (Å²) in [5, 5.41) is 9.78. The van der Waals surface area contributed by atoms with Crippen molar-refractivity contribution in [1.29, 1.82) is 0 Å². The molecule has 2 aliphatic rings. The van der Waals surface area contributed by atoms with E-state index >= 15 is 0 Å². The Hall–Kier alpha value is -0.610. The van der Waals surface area contributed by atoms with Gasteiger partial charge >= 0.3 is 0 Å². The van der Waals surface area contributed by atoms with Crippen molar-refractivity contribution >= 4 is 5.91 Å². The number of likely N-dealkylation sites (tertiary alicyclic amines) is 1. The first-order valence-electron chi connectivity index (χ1n) is 7.31. The molecule has 4 nitrogen and oxygen atoms in total. The molecule has 0 radical (unpaired) electrons. The Kier molecular flexibility index (Phi) is 4.62. The summed E-state index contributed by atoms with van der Waals surface area (Å²) < 4.78 is 0. The lowest BCUT2D eigenvalue weighted by Gasteiger charge is -2.31. The van der Waals surface area contributed by atoms with Gasteiger partial charge in [0.15, 0.2) is 0 Å². The Balaban J connectivity index is 1.88. The highest BCUT2D eigenvalue weighted by molar-refractivity contribution is 5.74. The fourth-order valence-corrected chi connectivity index (χ4v) is 2.89. The van der Waals surface area contributed by atoms with Gasteiger partial charge in [-0.2, -0.15) is 0 Å². The lowest BCUT2D eigenvalue weighted by Crippen LogP contribution is -2.45. The van der Waals surface area contributed by atoms with Crippen LogP contribution < -0.4 is 0 Å². The van der Waals surface area contributed by atoms with Gasteiger partial charge in [0.1, 0.15) is 0 Å². The zero-order valence-corrected chi connectivity index (χ0v) is 11.6. The van der Waals surface area contributed by atoms with Crippen LogP contribution in [0.1, 0.15) is 46.0 Å². The summed E-state index contributed by atoms with van der Waals surface area (Å²) in [4.78, 5) is 16.1. The van der Waals surface area contributed by atoms with Gasteiger partial charge in [-0.15, -0.1) is 0 Å². The Morgan fingerprint density at radius 1 is 1.44 bits per heavy atom. The van der Waals surface area contributed by atoms with E-state index in [-0.39, 0.29) is 12.0 Å². The summed E-state index contributed by atoms with van der Waals surface area (Å²) in [5.74, 6) is 0.209. The average Bonchev–Trinajstić information content (AvgIpc) is 3.08. The molecule has 0 spiro atoms. The normalized spacial score (nSPS) is 26.3. The van der Waals surface area contributed by atoms with Crippen molar-refractivity contribution in [1.82, 2.24) is 9.80 Å². The van der Waals surface area contributed by atoms with Crippen LogP contribution in [-0.4, -0.2) is 58.6 Å². The van der Waals surface area contributed by atoms with Crippen molar-refractivity contribution in [2.24, 2.45) is 0 Å². The number of amides is 1. The number of aliphatic hydroxyl groups is 1. The predicted molar refractivity (Wildman–Crippen MR) is 71.3 cm³/mol. The van der Waals surface area contributed by atoms with Crippen LogP contribution in [-0.2, 0) is 4.79 Å². The minimum Gasteiger partial charge on any atom is -0.392 e. The number of β-amino-alcohol motifs (C(OH)–C–C–N with tert-alkyl or cyclic N) is 1. The third-order valence-corrected chi connectivity index (χ3v) is 4.22. The molecular weight excluding hydrogens is 228 g/mol. The molecule has 1 heterocycles. The van der Waals surface area contributed by atoms with Gasteiger partial charge in [-0.25, -0.2) is 0 Å². The maximum absolute atomic E-state index is 11.7. The summed E-state index contributed by atoms with van der Waals surface area (Å²) in [6.45, 7) is 6.38. The molecule has 1 aliphatic heterocycles. The van der Waals surface area contributed by atoms with Crippen molar-refractivity contribution in [3.8, 4) is 0 Å². The Morgan fingerprint density at radius 3 is 2.72 bits per heavy atom. The number of hydrogen-bond acceptors (Lipinski definition) is 3. The van der Waals surface area contributed by atoms with E-state index in [4.69, 9.17) is 0 Å². The SMILES string of the molecule is CC[C@@H](O)CN1CCCC1CN(C(C)=O)C1CC1. The van der Waals surface area contributed by atoms with Crippen LogP contribution in [0.2, 0.25) is 0 Å². The quantitative estimate of drug-likeness (QED) is 0.775. The van der Waals surface area contributed by atoms with Crippen molar-refractivity contribution < 1.29 is 9.90 Å². The van der Waals surface area contributed by atoms with Crippen LogP contribution >= 0.6 is 0 Å². The second-order valence-corrected chi connectivity index (χ2v) is 5.76. The van der Waals surface area contributed by atoms with Gasteiger partial charge in [0.05, 0.1) is 6.10 Å². The molecule has 0 bridgehead atoms. The van der Waals surface area contributed by atoms with Gasteiger partial charge < -0.3 is 10.0 Å². The highest BCUT2D eigenvalue weighted by Gasteiger charge is 2.35. The van der Waals surface area contributed by atoms with E-state index < -0.39 is 0 Å². The van der Waals surface area contributed by atoms with Crippen molar-refractivity contribution in [2.75, 3.05) is 19.6 Å².